The van der Waals surface area contributed by atoms with Crippen LogP contribution in [0.25, 0.3) is 0 Å². The van der Waals surface area contributed by atoms with E-state index in [1.54, 1.807) is 18.2 Å². The van der Waals surface area contributed by atoms with E-state index in [0.717, 1.165) is 16.5 Å². The summed E-state index contributed by atoms with van der Waals surface area (Å²) in [5, 5.41) is 5.80. The first kappa shape index (κ1) is 19.2. The number of carbonyl (C=O) groups excluding carboxylic acids is 2. The fraction of sp³-hybridized carbons (Fsp3) is 0.300. The Morgan fingerprint density at radius 2 is 1.80 bits per heavy atom. The van der Waals surface area contributed by atoms with E-state index in [0.29, 0.717) is 12.1 Å². The molecule has 2 rings (SSSR count). The van der Waals surface area contributed by atoms with Crippen LogP contribution in [0.1, 0.15) is 36.2 Å². The Morgan fingerprint density at radius 1 is 1.08 bits per heavy atom. The number of amides is 2. The molecule has 132 valence electrons. The van der Waals surface area contributed by atoms with Gasteiger partial charge in [0.2, 0.25) is 5.91 Å². The molecule has 0 aromatic heterocycles. The van der Waals surface area contributed by atoms with Gasteiger partial charge in [0.1, 0.15) is 6.04 Å². The Kier molecular flexibility index (Phi) is 7.19. The van der Waals surface area contributed by atoms with Crippen LogP contribution in [0.2, 0.25) is 0 Å². The minimum atomic E-state index is -0.569. The standard InChI is InChI=1S/C20H23BrN2O2/c1-3-14(2)18(20(25)22-13-15-8-5-4-6-9-15)23-19(24)16-10-7-11-17(21)12-16/h4-12,14,18H,3,13H2,1-2H3,(H,22,25)(H,23,24). The summed E-state index contributed by atoms with van der Waals surface area (Å²) in [5.74, 6) is -0.380. The second kappa shape index (κ2) is 9.37. The van der Waals surface area contributed by atoms with Gasteiger partial charge >= 0.3 is 0 Å². The maximum atomic E-state index is 12.6. The maximum absolute atomic E-state index is 12.6. The van der Waals surface area contributed by atoms with Gasteiger partial charge in [-0.1, -0.05) is 72.6 Å². The number of nitrogens with one attached hydrogen (secondary N) is 2. The van der Waals surface area contributed by atoms with Gasteiger partial charge in [0.25, 0.3) is 5.91 Å². The molecule has 25 heavy (non-hydrogen) atoms. The third kappa shape index (κ3) is 5.71. The first-order valence-corrected chi connectivity index (χ1v) is 9.18. The van der Waals surface area contributed by atoms with Gasteiger partial charge in [-0.05, 0) is 29.7 Å². The molecular weight excluding hydrogens is 380 g/mol. The Hall–Kier alpha value is -2.14. The zero-order valence-corrected chi connectivity index (χ0v) is 16.0. The molecule has 0 saturated carbocycles. The molecule has 4 nitrogen and oxygen atoms in total. The van der Waals surface area contributed by atoms with Crippen LogP contribution >= 0.6 is 15.9 Å². The largest absolute Gasteiger partial charge is 0.350 e. The summed E-state index contributed by atoms with van der Waals surface area (Å²) in [5.41, 5.74) is 1.55. The Morgan fingerprint density at radius 3 is 2.44 bits per heavy atom. The lowest BCUT2D eigenvalue weighted by atomic mass is 9.97. The summed E-state index contributed by atoms with van der Waals surface area (Å²) >= 11 is 3.36. The molecule has 5 heteroatoms. The number of hydrogen-bond acceptors (Lipinski definition) is 2. The number of rotatable bonds is 7. The fourth-order valence-corrected chi connectivity index (χ4v) is 2.85. The summed E-state index contributed by atoms with van der Waals surface area (Å²) in [4.78, 5) is 25.1. The lowest BCUT2D eigenvalue weighted by Gasteiger charge is -2.23. The van der Waals surface area contributed by atoms with Gasteiger partial charge < -0.3 is 10.6 Å². The zero-order chi connectivity index (χ0) is 18.2. The summed E-state index contributed by atoms with van der Waals surface area (Å²) in [6.45, 7) is 4.42. The quantitative estimate of drug-likeness (QED) is 0.737. The first-order valence-electron chi connectivity index (χ1n) is 8.39. The summed E-state index contributed by atoms with van der Waals surface area (Å²) in [6.07, 6.45) is 0.794. The van der Waals surface area contributed by atoms with E-state index in [2.05, 4.69) is 26.6 Å². The minimum absolute atomic E-state index is 0.0341. The van der Waals surface area contributed by atoms with Crippen molar-refractivity contribution in [3.8, 4) is 0 Å². The van der Waals surface area contributed by atoms with Gasteiger partial charge in [-0.25, -0.2) is 0 Å². The number of benzene rings is 2. The van der Waals surface area contributed by atoms with Gasteiger partial charge in [-0.2, -0.15) is 0 Å². The second-order valence-electron chi connectivity index (χ2n) is 6.05. The molecular formula is C20H23BrN2O2. The van der Waals surface area contributed by atoms with Crippen LogP contribution in [0, 0.1) is 5.92 Å². The molecule has 0 heterocycles. The fourth-order valence-electron chi connectivity index (χ4n) is 2.45. The van der Waals surface area contributed by atoms with Gasteiger partial charge in [-0.15, -0.1) is 0 Å². The van der Waals surface area contributed by atoms with Crippen molar-refractivity contribution in [3.05, 3.63) is 70.2 Å². The number of hydrogen-bond donors (Lipinski definition) is 2. The van der Waals surface area contributed by atoms with Gasteiger partial charge in [-0.3, -0.25) is 9.59 Å². The molecule has 0 bridgehead atoms. The maximum Gasteiger partial charge on any atom is 0.251 e. The molecule has 0 saturated heterocycles. The van der Waals surface area contributed by atoms with E-state index in [-0.39, 0.29) is 17.7 Å². The highest BCUT2D eigenvalue weighted by Gasteiger charge is 2.26. The van der Waals surface area contributed by atoms with Crippen LogP contribution in [0.5, 0.6) is 0 Å². The molecule has 2 unspecified atom stereocenters. The van der Waals surface area contributed by atoms with Crippen molar-refractivity contribution in [3.63, 3.8) is 0 Å². The summed E-state index contributed by atoms with van der Waals surface area (Å²) < 4.78 is 0.828. The van der Waals surface area contributed by atoms with Crippen molar-refractivity contribution >= 4 is 27.7 Å². The van der Waals surface area contributed by atoms with E-state index in [1.165, 1.54) is 0 Å². The third-order valence-corrected chi connectivity index (χ3v) is 4.67. The predicted molar refractivity (Wildman–Crippen MR) is 103 cm³/mol. The van der Waals surface area contributed by atoms with Crippen molar-refractivity contribution in [2.24, 2.45) is 5.92 Å². The normalized spacial score (nSPS) is 12.9. The topological polar surface area (TPSA) is 58.2 Å². The number of halogens is 1. The SMILES string of the molecule is CCC(C)C(NC(=O)c1cccc(Br)c1)C(=O)NCc1ccccc1. The van der Waals surface area contributed by atoms with Gasteiger partial charge in [0.05, 0.1) is 0 Å². The smallest absolute Gasteiger partial charge is 0.251 e. The average molecular weight is 403 g/mol. The minimum Gasteiger partial charge on any atom is -0.350 e. The summed E-state index contributed by atoms with van der Waals surface area (Å²) in [6, 6.07) is 16.3. The van der Waals surface area contributed by atoms with Crippen molar-refractivity contribution in [2.45, 2.75) is 32.9 Å². The number of carbonyl (C=O) groups is 2. The van der Waals surface area contributed by atoms with E-state index in [1.807, 2.05) is 50.2 Å². The molecule has 2 N–H and O–H groups in total. The molecule has 0 radical (unpaired) electrons. The second-order valence-corrected chi connectivity index (χ2v) is 6.97. The highest BCUT2D eigenvalue weighted by molar-refractivity contribution is 9.10. The average Bonchev–Trinajstić information content (AvgIpc) is 2.64. The molecule has 2 amide bonds. The van der Waals surface area contributed by atoms with Crippen LogP contribution in [0.3, 0.4) is 0 Å². The monoisotopic (exact) mass is 402 g/mol. The van der Waals surface area contributed by atoms with Crippen LogP contribution in [0.15, 0.2) is 59.1 Å². The van der Waals surface area contributed by atoms with Crippen LogP contribution in [-0.2, 0) is 11.3 Å². The highest BCUT2D eigenvalue weighted by atomic mass is 79.9. The predicted octanol–water partition coefficient (Wildman–Crippen LogP) is 3.91. The van der Waals surface area contributed by atoms with E-state index < -0.39 is 6.04 Å². The Balaban J connectivity index is 2.04. The molecule has 0 fully saturated rings. The van der Waals surface area contributed by atoms with E-state index in [9.17, 15) is 9.59 Å². The highest BCUT2D eigenvalue weighted by Crippen LogP contribution is 2.14. The third-order valence-electron chi connectivity index (χ3n) is 4.18. The molecule has 0 aliphatic heterocycles. The Bertz CT molecular complexity index is 719. The lowest BCUT2D eigenvalue weighted by molar-refractivity contribution is -0.124. The molecule has 2 aromatic rings. The lowest BCUT2D eigenvalue weighted by Crippen LogP contribution is -2.50. The van der Waals surface area contributed by atoms with Gasteiger partial charge in [0, 0.05) is 16.6 Å². The first-order chi connectivity index (χ1) is 12.0. The van der Waals surface area contributed by atoms with Crippen molar-refractivity contribution < 1.29 is 9.59 Å². The Labute approximate surface area is 157 Å². The van der Waals surface area contributed by atoms with E-state index >= 15 is 0 Å². The van der Waals surface area contributed by atoms with Crippen LogP contribution < -0.4 is 10.6 Å². The van der Waals surface area contributed by atoms with Crippen molar-refractivity contribution in [1.82, 2.24) is 10.6 Å². The zero-order valence-electron chi connectivity index (χ0n) is 14.5. The summed E-state index contributed by atoms with van der Waals surface area (Å²) in [7, 11) is 0. The van der Waals surface area contributed by atoms with Crippen LogP contribution in [0.4, 0.5) is 0 Å². The van der Waals surface area contributed by atoms with Crippen molar-refractivity contribution in [2.75, 3.05) is 0 Å². The molecule has 0 aliphatic carbocycles. The molecule has 0 spiro atoms. The van der Waals surface area contributed by atoms with E-state index in [4.69, 9.17) is 0 Å². The van der Waals surface area contributed by atoms with Crippen LogP contribution in [-0.4, -0.2) is 17.9 Å². The molecule has 0 aliphatic rings. The molecule has 2 aromatic carbocycles. The molecule has 2 atom stereocenters. The van der Waals surface area contributed by atoms with Gasteiger partial charge in [0.15, 0.2) is 0 Å². The van der Waals surface area contributed by atoms with Crippen molar-refractivity contribution in [1.29, 1.82) is 0 Å².